The molecule has 0 unspecified atom stereocenters. The standard InChI is InChI=1S/C14H13ClFN3O3/c15-10-2-1-9(7-11(10)16)12(20)18-14(3-5-21-6-4-14)13-17-8-22-19-13/h1-2,7-8H,3-6H2,(H,18,20). The summed E-state index contributed by atoms with van der Waals surface area (Å²) in [6.07, 6.45) is 2.23. The molecule has 0 saturated carbocycles. The van der Waals surface area contributed by atoms with Gasteiger partial charge in [0.2, 0.25) is 6.39 Å². The van der Waals surface area contributed by atoms with Gasteiger partial charge in [-0.1, -0.05) is 16.8 Å². The van der Waals surface area contributed by atoms with Gasteiger partial charge in [-0.2, -0.15) is 4.98 Å². The summed E-state index contributed by atoms with van der Waals surface area (Å²) in [5, 5.41) is 6.69. The minimum absolute atomic E-state index is 0.0319. The number of hydrogen-bond acceptors (Lipinski definition) is 5. The Morgan fingerprint density at radius 2 is 2.14 bits per heavy atom. The Morgan fingerprint density at radius 1 is 1.36 bits per heavy atom. The first-order valence-corrected chi connectivity index (χ1v) is 7.11. The molecular weight excluding hydrogens is 313 g/mol. The minimum atomic E-state index is -0.779. The number of rotatable bonds is 3. The van der Waals surface area contributed by atoms with E-state index in [0.29, 0.717) is 31.9 Å². The van der Waals surface area contributed by atoms with Crippen LogP contribution in [0.25, 0.3) is 0 Å². The van der Waals surface area contributed by atoms with Crippen molar-refractivity contribution in [3.63, 3.8) is 0 Å². The van der Waals surface area contributed by atoms with E-state index in [1.807, 2.05) is 0 Å². The van der Waals surface area contributed by atoms with E-state index in [2.05, 4.69) is 15.5 Å². The molecule has 1 amide bonds. The van der Waals surface area contributed by atoms with Gasteiger partial charge in [-0.15, -0.1) is 0 Å². The third-order valence-electron chi connectivity index (χ3n) is 3.67. The number of aromatic nitrogens is 2. The first-order chi connectivity index (χ1) is 10.6. The molecule has 116 valence electrons. The van der Waals surface area contributed by atoms with Crippen LogP contribution in [-0.4, -0.2) is 29.3 Å². The lowest BCUT2D eigenvalue weighted by atomic mass is 9.88. The Hall–Kier alpha value is -1.99. The summed E-state index contributed by atoms with van der Waals surface area (Å²) in [5.74, 6) is -0.684. The van der Waals surface area contributed by atoms with Gasteiger partial charge in [0, 0.05) is 31.6 Å². The number of hydrogen-bond donors (Lipinski definition) is 1. The molecule has 1 aromatic carbocycles. The smallest absolute Gasteiger partial charge is 0.252 e. The molecule has 2 aromatic rings. The van der Waals surface area contributed by atoms with E-state index < -0.39 is 17.3 Å². The van der Waals surface area contributed by atoms with Crippen molar-refractivity contribution >= 4 is 17.5 Å². The van der Waals surface area contributed by atoms with E-state index >= 15 is 0 Å². The van der Waals surface area contributed by atoms with Crippen LogP contribution in [0.15, 0.2) is 29.1 Å². The van der Waals surface area contributed by atoms with Crippen molar-refractivity contribution in [2.75, 3.05) is 13.2 Å². The SMILES string of the molecule is O=C(NC1(c2ncon2)CCOCC1)c1ccc(Cl)c(F)c1. The lowest BCUT2D eigenvalue weighted by Gasteiger charge is -2.35. The van der Waals surface area contributed by atoms with Crippen molar-refractivity contribution in [2.45, 2.75) is 18.4 Å². The van der Waals surface area contributed by atoms with Gasteiger partial charge in [-0.05, 0) is 18.2 Å². The first kappa shape index (κ1) is 14.9. The molecule has 1 N–H and O–H groups in total. The van der Waals surface area contributed by atoms with E-state index in [0.717, 1.165) is 6.07 Å². The monoisotopic (exact) mass is 325 g/mol. The van der Waals surface area contributed by atoms with Crippen LogP contribution in [0.5, 0.6) is 0 Å². The molecule has 1 fully saturated rings. The summed E-state index contributed by atoms with van der Waals surface area (Å²) >= 11 is 5.63. The molecule has 1 aliphatic rings. The molecule has 1 aromatic heterocycles. The highest BCUT2D eigenvalue weighted by Crippen LogP contribution is 2.30. The molecule has 2 heterocycles. The maximum absolute atomic E-state index is 13.5. The van der Waals surface area contributed by atoms with Crippen molar-refractivity contribution < 1.29 is 18.4 Å². The summed E-state index contributed by atoms with van der Waals surface area (Å²) < 4.78 is 23.6. The van der Waals surface area contributed by atoms with E-state index in [1.54, 1.807) is 0 Å². The molecule has 0 atom stereocenters. The number of nitrogens with one attached hydrogen (secondary N) is 1. The van der Waals surface area contributed by atoms with Gasteiger partial charge >= 0.3 is 0 Å². The average Bonchev–Trinajstić information content (AvgIpc) is 3.06. The molecule has 0 spiro atoms. The van der Waals surface area contributed by atoms with Crippen molar-refractivity contribution in [2.24, 2.45) is 0 Å². The fourth-order valence-corrected chi connectivity index (χ4v) is 2.55. The molecule has 0 radical (unpaired) electrons. The highest BCUT2D eigenvalue weighted by molar-refractivity contribution is 6.30. The van der Waals surface area contributed by atoms with Gasteiger partial charge in [0.25, 0.3) is 5.91 Å². The Bertz CT molecular complexity index is 672. The summed E-state index contributed by atoms with van der Waals surface area (Å²) in [6, 6.07) is 3.90. The third kappa shape index (κ3) is 2.82. The number of ether oxygens (including phenoxy) is 1. The second-order valence-corrected chi connectivity index (χ2v) is 5.44. The molecule has 8 heteroatoms. The second kappa shape index (κ2) is 6.02. The Morgan fingerprint density at radius 3 is 2.77 bits per heavy atom. The van der Waals surface area contributed by atoms with Gasteiger partial charge in [-0.25, -0.2) is 4.39 Å². The Balaban J connectivity index is 1.87. The quantitative estimate of drug-likeness (QED) is 0.937. The largest absolute Gasteiger partial charge is 0.381 e. The van der Waals surface area contributed by atoms with Crippen molar-refractivity contribution in [1.82, 2.24) is 15.5 Å². The molecular formula is C14H13ClFN3O3. The summed E-state index contributed by atoms with van der Waals surface area (Å²) in [7, 11) is 0. The van der Waals surface area contributed by atoms with E-state index in [-0.39, 0.29) is 10.6 Å². The van der Waals surface area contributed by atoms with Gasteiger partial charge in [0.1, 0.15) is 11.4 Å². The highest BCUT2D eigenvalue weighted by Gasteiger charge is 2.40. The van der Waals surface area contributed by atoms with Crippen LogP contribution in [0, 0.1) is 5.82 Å². The number of carbonyl (C=O) groups is 1. The van der Waals surface area contributed by atoms with Gasteiger partial charge in [-0.3, -0.25) is 4.79 Å². The molecule has 22 heavy (non-hydrogen) atoms. The molecule has 6 nitrogen and oxygen atoms in total. The fourth-order valence-electron chi connectivity index (χ4n) is 2.43. The molecule has 1 aliphatic heterocycles. The van der Waals surface area contributed by atoms with Crippen LogP contribution >= 0.6 is 11.6 Å². The number of benzene rings is 1. The predicted molar refractivity (Wildman–Crippen MR) is 74.9 cm³/mol. The predicted octanol–water partition coefficient (Wildman–Crippen LogP) is 2.30. The van der Waals surface area contributed by atoms with Crippen LogP contribution in [0.3, 0.4) is 0 Å². The molecule has 0 bridgehead atoms. The fraction of sp³-hybridized carbons (Fsp3) is 0.357. The van der Waals surface area contributed by atoms with Gasteiger partial charge < -0.3 is 14.6 Å². The molecule has 3 rings (SSSR count). The maximum Gasteiger partial charge on any atom is 0.252 e. The Labute approximate surface area is 130 Å². The zero-order chi connectivity index (χ0) is 15.6. The van der Waals surface area contributed by atoms with Crippen LogP contribution in [0.2, 0.25) is 5.02 Å². The zero-order valence-electron chi connectivity index (χ0n) is 11.5. The van der Waals surface area contributed by atoms with Crippen molar-refractivity contribution in [3.05, 3.63) is 46.8 Å². The minimum Gasteiger partial charge on any atom is -0.381 e. The van der Waals surface area contributed by atoms with Crippen LogP contribution in [0.1, 0.15) is 29.0 Å². The number of carbonyl (C=O) groups excluding carboxylic acids is 1. The van der Waals surface area contributed by atoms with Gasteiger partial charge in [0.05, 0.1) is 5.02 Å². The van der Waals surface area contributed by atoms with E-state index in [9.17, 15) is 9.18 Å². The summed E-state index contributed by atoms with van der Waals surface area (Å²) in [6.45, 7) is 0.924. The van der Waals surface area contributed by atoms with Crippen LogP contribution < -0.4 is 5.32 Å². The summed E-state index contributed by atoms with van der Waals surface area (Å²) in [4.78, 5) is 16.5. The maximum atomic E-state index is 13.5. The third-order valence-corrected chi connectivity index (χ3v) is 3.98. The lowest BCUT2D eigenvalue weighted by molar-refractivity contribution is 0.0305. The molecule has 1 saturated heterocycles. The lowest BCUT2D eigenvalue weighted by Crippen LogP contribution is -2.50. The van der Waals surface area contributed by atoms with E-state index in [1.165, 1.54) is 18.5 Å². The van der Waals surface area contributed by atoms with Crippen LogP contribution in [0.4, 0.5) is 4.39 Å². The zero-order valence-corrected chi connectivity index (χ0v) is 12.3. The Kier molecular flexibility index (Phi) is 4.08. The first-order valence-electron chi connectivity index (χ1n) is 6.73. The average molecular weight is 326 g/mol. The van der Waals surface area contributed by atoms with Crippen LogP contribution in [-0.2, 0) is 10.3 Å². The topological polar surface area (TPSA) is 77.3 Å². The summed E-state index contributed by atoms with van der Waals surface area (Å²) in [5.41, 5.74) is -0.602. The van der Waals surface area contributed by atoms with Crippen molar-refractivity contribution in [1.29, 1.82) is 0 Å². The highest BCUT2D eigenvalue weighted by atomic mass is 35.5. The normalized spacial score (nSPS) is 17.2. The van der Waals surface area contributed by atoms with E-state index in [4.69, 9.17) is 20.9 Å². The second-order valence-electron chi connectivity index (χ2n) is 5.03. The number of nitrogens with zero attached hydrogens (tertiary/aromatic N) is 2. The molecule has 0 aliphatic carbocycles. The van der Waals surface area contributed by atoms with Crippen molar-refractivity contribution in [3.8, 4) is 0 Å². The number of halogens is 2. The van der Waals surface area contributed by atoms with Gasteiger partial charge in [0.15, 0.2) is 5.82 Å². The number of amides is 1.